The molecule has 5 rings (SSSR count). The highest BCUT2D eigenvalue weighted by atomic mass is 32.2. The third kappa shape index (κ3) is 3.05. The number of hydrogen-bond donors (Lipinski definition) is 1. The largest absolute Gasteiger partial charge is 0.389 e. The van der Waals surface area contributed by atoms with Crippen molar-refractivity contribution in [2.75, 3.05) is 18.6 Å². The van der Waals surface area contributed by atoms with Gasteiger partial charge in [-0.25, -0.2) is 0 Å². The summed E-state index contributed by atoms with van der Waals surface area (Å²) < 4.78 is 2.54. The van der Waals surface area contributed by atoms with Crippen molar-refractivity contribution in [3.8, 4) is 0 Å². The first-order chi connectivity index (χ1) is 13.5. The molecule has 2 atom stereocenters. The Labute approximate surface area is 172 Å². The Kier molecular flexibility index (Phi) is 4.65. The average molecular weight is 397 g/mol. The van der Waals surface area contributed by atoms with Crippen LogP contribution in [0.25, 0.3) is 10.9 Å². The fraction of sp³-hybridized carbons (Fsp3) is 0.583. The van der Waals surface area contributed by atoms with Gasteiger partial charge in [-0.1, -0.05) is 23.8 Å². The van der Waals surface area contributed by atoms with Gasteiger partial charge >= 0.3 is 0 Å². The second kappa shape index (κ2) is 6.93. The lowest BCUT2D eigenvalue weighted by atomic mass is 9.89. The van der Waals surface area contributed by atoms with Gasteiger partial charge in [0.25, 0.3) is 0 Å². The van der Waals surface area contributed by atoms with Crippen molar-refractivity contribution in [2.24, 2.45) is 0 Å². The normalized spacial score (nSPS) is 26.5. The number of hydrogen-bond acceptors (Lipinski definition) is 3. The Morgan fingerprint density at radius 3 is 2.86 bits per heavy atom. The molecule has 0 radical (unpaired) electrons. The maximum absolute atomic E-state index is 11.0. The van der Waals surface area contributed by atoms with Gasteiger partial charge in [0.2, 0.25) is 0 Å². The molecule has 4 heteroatoms. The molecule has 3 aliphatic rings. The van der Waals surface area contributed by atoms with Gasteiger partial charge in [0.15, 0.2) is 0 Å². The molecule has 0 amide bonds. The molecule has 2 aromatic rings. The van der Waals surface area contributed by atoms with Crippen LogP contribution in [0.3, 0.4) is 0 Å². The van der Waals surface area contributed by atoms with Crippen LogP contribution < -0.4 is 0 Å². The van der Waals surface area contributed by atoms with Gasteiger partial charge in [0, 0.05) is 29.2 Å². The molecule has 0 aliphatic carbocycles. The molecular formula is C24H32N2OS. The number of benzene rings is 1. The first-order valence-electron chi connectivity index (χ1n) is 10.8. The highest BCUT2D eigenvalue weighted by Crippen LogP contribution is 2.46. The van der Waals surface area contributed by atoms with E-state index in [9.17, 15) is 5.11 Å². The van der Waals surface area contributed by atoms with Crippen LogP contribution in [-0.2, 0) is 13.0 Å². The lowest BCUT2D eigenvalue weighted by Crippen LogP contribution is -2.35. The molecule has 3 nitrogen and oxygen atoms in total. The second-order valence-electron chi connectivity index (χ2n) is 9.35. The van der Waals surface area contributed by atoms with E-state index in [1.54, 1.807) is 5.56 Å². The predicted molar refractivity (Wildman–Crippen MR) is 119 cm³/mol. The number of aromatic nitrogens is 1. The number of rotatable bonds is 4. The Morgan fingerprint density at radius 1 is 1.29 bits per heavy atom. The fourth-order valence-corrected chi connectivity index (χ4v) is 7.07. The average Bonchev–Trinajstić information content (AvgIpc) is 3.06. The van der Waals surface area contributed by atoms with E-state index < -0.39 is 5.60 Å². The summed E-state index contributed by atoms with van der Waals surface area (Å²) in [6, 6.07) is 8.14. The number of likely N-dealkylation sites (N-methyl/N-ethyl adjacent to an activating group) is 1. The number of aryl methyl sites for hydroxylation is 1. The topological polar surface area (TPSA) is 28.4 Å². The van der Waals surface area contributed by atoms with Crippen LogP contribution in [-0.4, -0.2) is 44.8 Å². The van der Waals surface area contributed by atoms with Gasteiger partial charge in [-0.2, -0.15) is 11.8 Å². The van der Waals surface area contributed by atoms with Gasteiger partial charge in [0.1, 0.15) is 0 Å². The molecule has 28 heavy (non-hydrogen) atoms. The maximum Gasteiger partial charge on any atom is 0.0701 e. The first-order valence-corrected chi connectivity index (χ1v) is 11.9. The van der Waals surface area contributed by atoms with Gasteiger partial charge in [-0.05, 0) is 81.7 Å². The summed E-state index contributed by atoms with van der Waals surface area (Å²) in [7, 11) is 2.30. The summed E-state index contributed by atoms with van der Waals surface area (Å²) >= 11 is 1.96. The van der Waals surface area contributed by atoms with Crippen molar-refractivity contribution in [3.05, 3.63) is 47.2 Å². The van der Waals surface area contributed by atoms with E-state index >= 15 is 0 Å². The van der Waals surface area contributed by atoms with E-state index in [2.05, 4.69) is 48.2 Å². The van der Waals surface area contributed by atoms with E-state index in [1.807, 2.05) is 11.8 Å². The predicted octanol–water partition coefficient (Wildman–Crippen LogP) is 4.85. The summed E-state index contributed by atoms with van der Waals surface area (Å²) in [6.07, 6.45) is 6.26. The molecule has 1 aromatic carbocycles. The van der Waals surface area contributed by atoms with E-state index in [1.165, 1.54) is 41.4 Å². The number of nitrogens with zero attached hydrogens (tertiary/aromatic N) is 2. The van der Waals surface area contributed by atoms with Gasteiger partial charge in [-0.15, -0.1) is 0 Å². The van der Waals surface area contributed by atoms with Crippen molar-refractivity contribution in [3.63, 3.8) is 0 Å². The Hall–Kier alpha value is -1.23. The van der Waals surface area contributed by atoms with Crippen LogP contribution in [0, 0.1) is 6.92 Å². The lowest BCUT2D eigenvalue weighted by Gasteiger charge is -2.34. The van der Waals surface area contributed by atoms with E-state index in [0.717, 1.165) is 42.9 Å². The fourth-order valence-electron chi connectivity index (χ4n) is 5.82. The van der Waals surface area contributed by atoms with Crippen molar-refractivity contribution in [1.82, 2.24) is 9.47 Å². The molecule has 1 aromatic heterocycles. The summed E-state index contributed by atoms with van der Waals surface area (Å²) in [6.45, 7) is 7.45. The van der Waals surface area contributed by atoms with Crippen LogP contribution in [0.4, 0.5) is 0 Å². The molecule has 4 heterocycles. The molecule has 2 unspecified atom stereocenters. The minimum absolute atomic E-state index is 0.531. The third-order valence-electron chi connectivity index (χ3n) is 7.35. The lowest BCUT2D eigenvalue weighted by molar-refractivity contribution is 0.0315. The van der Waals surface area contributed by atoms with Crippen LogP contribution in [0.15, 0.2) is 30.4 Å². The Bertz CT molecular complexity index is 924. The summed E-state index contributed by atoms with van der Waals surface area (Å²) in [4.78, 5) is 2.60. The summed E-state index contributed by atoms with van der Waals surface area (Å²) in [5.74, 6) is 2.14. The molecular weight excluding hydrogens is 364 g/mol. The quantitative estimate of drug-likeness (QED) is 0.749. The van der Waals surface area contributed by atoms with E-state index in [-0.39, 0.29) is 0 Å². The highest BCUT2D eigenvalue weighted by Gasteiger charge is 2.41. The Balaban J connectivity index is 1.52. The summed E-state index contributed by atoms with van der Waals surface area (Å²) in [5.41, 5.74) is 6.40. The third-order valence-corrected chi connectivity index (χ3v) is 8.33. The van der Waals surface area contributed by atoms with Crippen molar-refractivity contribution in [2.45, 2.75) is 69.7 Å². The Morgan fingerprint density at radius 2 is 2.07 bits per heavy atom. The second-order valence-corrected chi connectivity index (χ2v) is 10.6. The molecule has 2 saturated heterocycles. The van der Waals surface area contributed by atoms with E-state index in [0.29, 0.717) is 12.1 Å². The van der Waals surface area contributed by atoms with Gasteiger partial charge < -0.3 is 9.67 Å². The molecule has 0 spiro atoms. The van der Waals surface area contributed by atoms with Gasteiger partial charge in [-0.3, -0.25) is 4.90 Å². The van der Waals surface area contributed by atoms with Crippen molar-refractivity contribution in [1.29, 1.82) is 0 Å². The number of thioether (sulfide) groups is 1. The smallest absolute Gasteiger partial charge is 0.0701 e. The minimum Gasteiger partial charge on any atom is -0.389 e. The van der Waals surface area contributed by atoms with Crippen molar-refractivity contribution >= 4 is 22.7 Å². The molecule has 150 valence electrons. The van der Waals surface area contributed by atoms with Crippen LogP contribution in [0.5, 0.6) is 0 Å². The maximum atomic E-state index is 11.0. The first kappa shape index (κ1) is 18.8. The van der Waals surface area contributed by atoms with Crippen molar-refractivity contribution < 1.29 is 5.11 Å². The number of fused-ring (bicyclic) bond motifs is 6. The van der Waals surface area contributed by atoms with Crippen LogP contribution in [0.1, 0.15) is 55.0 Å². The zero-order chi connectivity index (χ0) is 19.5. The molecule has 2 bridgehead atoms. The van der Waals surface area contributed by atoms with Crippen LogP contribution >= 0.6 is 11.8 Å². The van der Waals surface area contributed by atoms with Crippen LogP contribution in [0.2, 0.25) is 0 Å². The van der Waals surface area contributed by atoms with Gasteiger partial charge in [0.05, 0.1) is 11.6 Å². The standard InChI is InChI=1S/C24H32N2OS/c1-16-4-6-21-19(12-16)20-13-18-5-7-22(25(18)3)23(20)26(21)15-17(2)14-24(27)8-10-28-11-9-24/h4,6,12,18,22,27H,2,5,7-11,13-15H2,1,3H3. The number of aliphatic hydroxyl groups is 1. The minimum atomic E-state index is -0.544. The summed E-state index contributed by atoms with van der Waals surface area (Å²) in [5, 5.41) is 12.5. The molecule has 3 aliphatic heterocycles. The van der Waals surface area contributed by atoms with E-state index in [4.69, 9.17) is 0 Å². The molecule has 1 N–H and O–H groups in total. The zero-order valence-electron chi connectivity index (χ0n) is 17.2. The molecule has 0 saturated carbocycles. The highest BCUT2D eigenvalue weighted by molar-refractivity contribution is 7.99. The monoisotopic (exact) mass is 396 g/mol. The zero-order valence-corrected chi connectivity index (χ0v) is 18.0. The SMILES string of the molecule is C=C(Cn1c2c(c3cc(C)ccc31)CC1CCC2N1C)CC1(O)CCSCC1. The molecule has 2 fully saturated rings.